The molecule has 124 valence electrons. The summed E-state index contributed by atoms with van der Waals surface area (Å²) in [5, 5.41) is 0.843. The molecule has 1 fully saturated rings. The number of imidazole rings is 1. The summed E-state index contributed by atoms with van der Waals surface area (Å²) in [5.74, 6) is -1.66. The van der Waals surface area contributed by atoms with E-state index in [1.165, 1.54) is 11.3 Å². The van der Waals surface area contributed by atoms with Crippen molar-refractivity contribution < 1.29 is 13.5 Å². The molecule has 1 unspecified atom stereocenters. The Kier molecular flexibility index (Phi) is 3.60. The van der Waals surface area contributed by atoms with Crippen LogP contribution in [0.3, 0.4) is 0 Å². The van der Waals surface area contributed by atoms with Gasteiger partial charge in [-0.05, 0) is 12.1 Å². The van der Waals surface area contributed by atoms with Crippen molar-refractivity contribution in [2.24, 2.45) is 5.92 Å². The van der Waals surface area contributed by atoms with Crippen molar-refractivity contribution in [2.45, 2.75) is 18.9 Å². The van der Waals surface area contributed by atoms with Crippen molar-refractivity contribution >= 4 is 11.3 Å². The molecule has 0 amide bonds. The second kappa shape index (κ2) is 5.66. The molecule has 1 aromatic carbocycles. The van der Waals surface area contributed by atoms with Crippen LogP contribution in [0.15, 0.2) is 42.9 Å². The molecular formula is C17H15F2N3OS. The van der Waals surface area contributed by atoms with Gasteiger partial charge in [-0.15, -0.1) is 11.3 Å². The third-order valence-corrected chi connectivity index (χ3v) is 5.17. The first-order valence-corrected chi connectivity index (χ1v) is 8.38. The first-order valence-electron chi connectivity index (χ1n) is 7.56. The smallest absolute Gasteiger partial charge is 0.253 e. The number of nitrogens with zero attached hydrogens (tertiary/aromatic N) is 3. The molecule has 0 saturated heterocycles. The largest absolute Gasteiger partial charge is 0.497 e. The van der Waals surface area contributed by atoms with Gasteiger partial charge in [0.2, 0.25) is 0 Å². The summed E-state index contributed by atoms with van der Waals surface area (Å²) in [5.41, 5.74) is 0.956. The summed E-state index contributed by atoms with van der Waals surface area (Å²) in [6.07, 6.45) is 5.08. The zero-order valence-corrected chi connectivity index (χ0v) is 13.8. The van der Waals surface area contributed by atoms with Crippen LogP contribution in [-0.4, -0.2) is 27.6 Å². The van der Waals surface area contributed by atoms with Gasteiger partial charge in [0.15, 0.2) is 5.82 Å². The molecule has 24 heavy (non-hydrogen) atoms. The molecule has 2 heterocycles. The molecule has 7 heteroatoms. The maximum Gasteiger partial charge on any atom is 0.253 e. The molecule has 0 radical (unpaired) electrons. The van der Waals surface area contributed by atoms with Crippen LogP contribution in [0.1, 0.15) is 6.42 Å². The maximum absolute atomic E-state index is 13.2. The van der Waals surface area contributed by atoms with Gasteiger partial charge < -0.3 is 9.30 Å². The fourth-order valence-corrected chi connectivity index (χ4v) is 3.58. The molecule has 0 aliphatic heterocycles. The summed E-state index contributed by atoms with van der Waals surface area (Å²) in [4.78, 5) is 9.63. The summed E-state index contributed by atoms with van der Waals surface area (Å²) < 4.78 is 33.3. The molecule has 1 aliphatic carbocycles. The van der Waals surface area contributed by atoms with E-state index >= 15 is 0 Å². The van der Waals surface area contributed by atoms with E-state index in [0.717, 1.165) is 21.2 Å². The van der Waals surface area contributed by atoms with Gasteiger partial charge in [0.1, 0.15) is 10.8 Å². The minimum Gasteiger partial charge on any atom is -0.497 e. The normalized spacial score (nSPS) is 18.5. The number of methoxy groups -OCH3 is 1. The summed E-state index contributed by atoms with van der Waals surface area (Å²) in [7, 11) is 1.62. The van der Waals surface area contributed by atoms with Gasteiger partial charge in [-0.1, -0.05) is 12.1 Å². The van der Waals surface area contributed by atoms with Crippen LogP contribution < -0.4 is 4.74 Å². The number of hydrogen-bond donors (Lipinski definition) is 0. The molecule has 1 saturated carbocycles. The van der Waals surface area contributed by atoms with Crippen molar-refractivity contribution in [1.82, 2.24) is 14.5 Å². The number of hydrogen-bond acceptors (Lipinski definition) is 4. The predicted molar refractivity (Wildman–Crippen MR) is 88.4 cm³/mol. The van der Waals surface area contributed by atoms with E-state index in [-0.39, 0.29) is 13.0 Å². The van der Waals surface area contributed by atoms with E-state index in [2.05, 4.69) is 9.97 Å². The average molecular weight is 347 g/mol. The van der Waals surface area contributed by atoms with Crippen molar-refractivity contribution in [2.75, 3.05) is 7.11 Å². The Bertz CT molecular complexity index is 874. The van der Waals surface area contributed by atoms with Gasteiger partial charge in [0, 0.05) is 43.0 Å². The number of thiazole rings is 1. The number of halogens is 2. The molecule has 3 aromatic rings. The van der Waals surface area contributed by atoms with E-state index in [9.17, 15) is 8.78 Å². The number of rotatable bonds is 5. The molecule has 0 N–H and O–H groups in total. The molecule has 4 nitrogen and oxygen atoms in total. The average Bonchev–Trinajstić information content (AvgIpc) is 3.00. The van der Waals surface area contributed by atoms with Gasteiger partial charge >= 0.3 is 0 Å². The Morgan fingerprint density at radius 2 is 2.21 bits per heavy atom. The minimum absolute atomic E-state index is 0.0393. The van der Waals surface area contributed by atoms with Crippen LogP contribution in [0.25, 0.3) is 21.3 Å². The van der Waals surface area contributed by atoms with E-state index in [4.69, 9.17) is 4.74 Å². The van der Waals surface area contributed by atoms with Crippen LogP contribution in [0.2, 0.25) is 0 Å². The highest BCUT2D eigenvalue weighted by Crippen LogP contribution is 2.49. The fraction of sp³-hybridized carbons (Fsp3) is 0.294. The highest BCUT2D eigenvalue weighted by atomic mass is 32.1. The fourth-order valence-electron chi connectivity index (χ4n) is 2.65. The lowest BCUT2D eigenvalue weighted by atomic mass is 10.2. The lowest BCUT2D eigenvalue weighted by Gasteiger charge is -2.05. The topological polar surface area (TPSA) is 39.9 Å². The third kappa shape index (κ3) is 2.80. The standard InChI is InChI=1S/C17H15F2N3OS/c1-23-13-4-2-3-11(7-13)16-21-9-14(24-16)15-20-5-6-22(15)10-12-8-17(12,18)19/h2-7,9,12H,8,10H2,1H3. The summed E-state index contributed by atoms with van der Waals surface area (Å²) >= 11 is 1.49. The predicted octanol–water partition coefficient (Wildman–Crippen LogP) is 4.34. The Hall–Kier alpha value is -2.28. The quantitative estimate of drug-likeness (QED) is 0.689. The van der Waals surface area contributed by atoms with Gasteiger partial charge in [-0.25, -0.2) is 18.7 Å². The zero-order chi connectivity index (χ0) is 16.7. The number of aromatic nitrogens is 3. The van der Waals surface area contributed by atoms with Crippen LogP contribution in [0.4, 0.5) is 8.78 Å². The lowest BCUT2D eigenvalue weighted by molar-refractivity contribution is 0.0952. The van der Waals surface area contributed by atoms with Gasteiger partial charge in [-0.2, -0.15) is 0 Å². The number of alkyl halides is 2. The molecular weight excluding hydrogens is 332 g/mol. The Balaban J connectivity index is 1.60. The second-order valence-electron chi connectivity index (χ2n) is 5.83. The molecule has 1 aliphatic rings. The SMILES string of the molecule is COc1cccc(-c2ncc(-c3nccn3CC3CC3(F)F)s2)c1. The Labute approximate surface area is 141 Å². The maximum atomic E-state index is 13.2. The third-order valence-electron chi connectivity index (χ3n) is 4.13. The first kappa shape index (κ1) is 15.3. The van der Waals surface area contributed by atoms with Crippen molar-refractivity contribution in [3.63, 3.8) is 0 Å². The van der Waals surface area contributed by atoms with E-state index in [0.29, 0.717) is 5.82 Å². The van der Waals surface area contributed by atoms with Gasteiger partial charge in [-0.3, -0.25) is 0 Å². The zero-order valence-electron chi connectivity index (χ0n) is 12.9. The summed E-state index contributed by atoms with van der Waals surface area (Å²) in [6.45, 7) is 0.286. The van der Waals surface area contributed by atoms with Crippen molar-refractivity contribution in [3.05, 3.63) is 42.9 Å². The molecule has 0 bridgehead atoms. The van der Waals surface area contributed by atoms with Crippen LogP contribution >= 0.6 is 11.3 Å². The summed E-state index contributed by atoms with van der Waals surface area (Å²) in [6, 6.07) is 7.66. The van der Waals surface area contributed by atoms with E-state index in [1.807, 2.05) is 24.3 Å². The minimum atomic E-state index is -2.53. The molecule has 4 rings (SSSR count). The van der Waals surface area contributed by atoms with E-state index in [1.54, 1.807) is 30.3 Å². The molecule has 0 spiro atoms. The molecule has 1 atom stereocenters. The molecule has 2 aromatic heterocycles. The monoisotopic (exact) mass is 347 g/mol. The van der Waals surface area contributed by atoms with Crippen LogP contribution in [-0.2, 0) is 6.54 Å². The van der Waals surface area contributed by atoms with Crippen molar-refractivity contribution in [1.29, 1.82) is 0 Å². The van der Waals surface area contributed by atoms with Crippen LogP contribution in [0, 0.1) is 5.92 Å². The first-order chi connectivity index (χ1) is 11.6. The number of ether oxygens (including phenoxy) is 1. The second-order valence-corrected chi connectivity index (χ2v) is 6.86. The highest BCUT2D eigenvalue weighted by Gasteiger charge is 2.56. The van der Waals surface area contributed by atoms with Crippen molar-refractivity contribution in [3.8, 4) is 27.0 Å². The lowest BCUT2D eigenvalue weighted by Crippen LogP contribution is -2.05. The van der Waals surface area contributed by atoms with E-state index < -0.39 is 11.8 Å². The van der Waals surface area contributed by atoms with Gasteiger partial charge in [0.25, 0.3) is 5.92 Å². The Morgan fingerprint density at radius 1 is 1.38 bits per heavy atom. The van der Waals surface area contributed by atoms with Gasteiger partial charge in [0.05, 0.1) is 12.0 Å². The Morgan fingerprint density at radius 3 is 2.96 bits per heavy atom. The number of benzene rings is 1. The highest BCUT2D eigenvalue weighted by molar-refractivity contribution is 7.18. The van der Waals surface area contributed by atoms with Crippen LogP contribution in [0.5, 0.6) is 5.75 Å².